The average Bonchev–Trinajstić information content (AvgIpc) is 3.61. The molecule has 0 saturated carbocycles. The molecule has 6 heteroatoms. The number of benzene rings is 8. The second-order valence-electron chi connectivity index (χ2n) is 14.4. The largest absolute Gasteiger partial charge is 0.497 e. The molecule has 0 bridgehead atoms. The van der Waals surface area contributed by atoms with Crippen LogP contribution in [-0.4, -0.2) is 51.0 Å². The van der Waals surface area contributed by atoms with E-state index in [4.69, 9.17) is 23.7 Å². The highest BCUT2D eigenvalue weighted by Crippen LogP contribution is 2.43. The number of aliphatic hydroxyl groups is 1. The fourth-order valence-corrected chi connectivity index (χ4v) is 8.63. The van der Waals surface area contributed by atoms with Gasteiger partial charge in [0.05, 0.1) is 33.5 Å². The number of fused-ring (bicyclic) bond motifs is 2. The van der Waals surface area contributed by atoms with Crippen molar-refractivity contribution in [1.29, 1.82) is 0 Å². The molecule has 0 spiro atoms. The molecule has 1 aliphatic heterocycles. The summed E-state index contributed by atoms with van der Waals surface area (Å²) >= 11 is 0. The van der Waals surface area contributed by atoms with Crippen molar-refractivity contribution < 1.29 is 28.8 Å². The molecule has 8 aromatic rings. The Hall–Kier alpha value is -5.50. The van der Waals surface area contributed by atoms with E-state index in [9.17, 15) is 5.11 Å². The van der Waals surface area contributed by atoms with Crippen molar-refractivity contribution in [2.45, 2.75) is 43.4 Å². The second kappa shape index (κ2) is 15.0. The minimum Gasteiger partial charge on any atom is -0.497 e. The van der Waals surface area contributed by atoms with Crippen LogP contribution in [0.4, 0.5) is 0 Å². The Bertz CT molecular complexity index is 2450. The molecule has 55 heavy (non-hydrogen) atoms. The molecule has 1 N–H and O–H groups in total. The Kier molecular flexibility index (Phi) is 9.58. The summed E-state index contributed by atoms with van der Waals surface area (Å²) < 4.78 is 30.6. The fourth-order valence-electron chi connectivity index (χ4n) is 8.63. The lowest BCUT2D eigenvalue weighted by Crippen LogP contribution is -2.38. The van der Waals surface area contributed by atoms with Crippen LogP contribution in [0.5, 0.6) is 11.5 Å². The third-order valence-electron chi connectivity index (χ3n) is 11.3. The lowest BCUT2D eigenvalue weighted by Gasteiger charge is -2.37. The molecule has 8 aromatic carbocycles. The van der Waals surface area contributed by atoms with E-state index in [0.717, 1.165) is 41.0 Å². The molecule has 0 amide bonds. The summed E-state index contributed by atoms with van der Waals surface area (Å²) in [4.78, 5) is 0. The molecule has 0 unspecified atom stereocenters. The van der Waals surface area contributed by atoms with Gasteiger partial charge in [0.15, 0.2) is 6.29 Å². The van der Waals surface area contributed by atoms with Gasteiger partial charge in [-0.05, 0) is 102 Å². The molecule has 9 rings (SSSR count). The summed E-state index contributed by atoms with van der Waals surface area (Å²) in [5, 5.41) is 21.7. The van der Waals surface area contributed by atoms with Gasteiger partial charge in [-0.25, -0.2) is 0 Å². The SMILES string of the molecule is COc1ccc(C(OC[C@H]2O[C@@H](OCCCc3ccc4c5cccc6cccc(c7cccc3c74)c65)C[C@@H]2O)(c2ccccc2)c2ccc(OC)cc2)cc1. The molecule has 0 aliphatic carbocycles. The maximum Gasteiger partial charge on any atom is 0.160 e. The highest BCUT2D eigenvalue weighted by Gasteiger charge is 2.42. The Morgan fingerprint density at radius 3 is 1.80 bits per heavy atom. The number of aliphatic hydroxyl groups excluding tert-OH is 1. The molecule has 0 radical (unpaired) electrons. The predicted molar refractivity (Wildman–Crippen MR) is 219 cm³/mol. The average molecular weight is 729 g/mol. The van der Waals surface area contributed by atoms with Gasteiger partial charge in [-0.1, -0.05) is 121 Å². The van der Waals surface area contributed by atoms with E-state index < -0.39 is 24.1 Å². The van der Waals surface area contributed by atoms with Gasteiger partial charge in [-0.2, -0.15) is 0 Å². The Morgan fingerprint density at radius 2 is 1.16 bits per heavy atom. The first kappa shape index (κ1) is 35.2. The summed E-state index contributed by atoms with van der Waals surface area (Å²) in [6.45, 7) is 0.660. The van der Waals surface area contributed by atoms with Gasteiger partial charge < -0.3 is 28.8 Å². The number of hydrogen-bond acceptors (Lipinski definition) is 6. The molecule has 1 saturated heterocycles. The first-order chi connectivity index (χ1) is 27.1. The van der Waals surface area contributed by atoms with Gasteiger partial charge in [0.2, 0.25) is 0 Å². The van der Waals surface area contributed by atoms with Crippen LogP contribution in [0.25, 0.3) is 43.1 Å². The van der Waals surface area contributed by atoms with Crippen molar-refractivity contribution in [1.82, 2.24) is 0 Å². The molecule has 1 aliphatic rings. The first-order valence-corrected chi connectivity index (χ1v) is 19.1. The molecular formula is C49H44O6. The minimum atomic E-state index is -1.00. The lowest BCUT2D eigenvalue weighted by molar-refractivity contribution is -0.157. The molecule has 1 fully saturated rings. The number of rotatable bonds is 13. The van der Waals surface area contributed by atoms with Gasteiger partial charge in [-0.3, -0.25) is 0 Å². The molecule has 276 valence electrons. The van der Waals surface area contributed by atoms with Gasteiger partial charge in [0, 0.05) is 6.42 Å². The quantitative estimate of drug-likeness (QED) is 0.0552. The predicted octanol–water partition coefficient (Wildman–Crippen LogP) is 10.2. The van der Waals surface area contributed by atoms with E-state index in [-0.39, 0.29) is 6.61 Å². The van der Waals surface area contributed by atoms with E-state index in [1.54, 1.807) is 14.2 Å². The Morgan fingerprint density at radius 1 is 0.600 bits per heavy atom. The smallest absolute Gasteiger partial charge is 0.160 e. The van der Waals surface area contributed by atoms with Crippen LogP contribution in [0.1, 0.15) is 35.1 Å². The highest BCUT2D eigenvalue weighted by atomic mass is 16.7. The normalized spacial score (nSPS) is 17.5. The zero-order chi connectivity index (χ0) is 37.4. The van der Waals surface area contributed by atoms with E-state index in [0.29, 0.717) is 13.0 Å². The van der Waals surface area contributed by atoms with Gasteiger partial charge in [0.25, 0.3) is 0 Å². The summed E-state index contributed by atoms with van der Waals surface area (Å²) in [5.41, 5.74) is 3.10. The third kappa shape index (κ3) is 6.35. The first-order valence-electron chi connectivity index (χ1n) is 19.1. The van der Waals surface area contributed by atoms with Crippen molar-refractivity contribution in [3.63, 3.8) is 0 Å². The standard InChI is InChI=1S/C49H44O6/c1-51-37-24-20-35(21-25-37)49(34-13-4-3-5-14-34,36-22-26-38(52-2)27-23-36)54-31-45-44(50)30-46(55-45)53-29-9-12-32-19-28-43-41-17-7-11-33-10-6-16-40(47(33)41)42-18-8-15-39(32)48(42)43/h3-8,10-11,13-28,44-46,50H,9,12,29-31H2,1-2H3/t44-,45+,46+/m0/s1. The Balaban J connectivity index is 0.911. The van der Waals surface area contributed by atoms with Crippen LogP contribution in [0.2, 0.25) is 0 Å². The van der Waals surface area contributed by atoms with E-state index in [1.807, 2.05) is 66.7 Å². The monoisotopic (exact) mass is 728 g/mol. The van der Waals surface area contributed by atoms with Crippen LogP contribution in [0.15, 0.2) is 146 Å². The van der Waals surface area contributed by atoms with Crippen LogP contribution >= 0.6 is 0 Å². The number of ether oxygens (including phenoxy) is 5. The highest BCUT2D eigenvalue weighted by molar-refractivity contribution is 6.33. The maximum absolute atomic E-state index is 11.2. The van der Waals surface area contributed by atoms with Crippen LogP contribution in [0.3, 0.4) is 0 Å². The van der Waals surface area contributed by atoms with Crippen molar-refractivity contribution in [2.24, 2.45) is 0 Å². The van der Waals surface area contributed by atoms with Gasteiger partial charge in [-0.15, -0.1) is 0 Å². The topological polar surface area (TPSA) is 66.4 Å². The number of methoxy groups -OCH3 is 2. The minimum absolute atomic E-state index is 0.144. The van der Waals surface area contributed by atoms with Crippen molar-refractivity contribution in [3.8, 4) is 11.5 Å². The Labute approximate surface area is 321 Å². The van der Waals surface area contributed by atoms with Crippen molar-refractivity contribution in [3.05, 3.63) is 168 Å². The fraction of sp³-hybridized carbons (Fsp3) is 0.224. The summed E-state index contributed by atoms with van der Waals surface area (Å²) in [6.07, 6.45) is 0.245. The summed E-state index contributed by atoms with van der Waals surface area (Å²) in [7, 11) is 3.32. The van der Waals surface area contributed by atoms with Gasteiger partial charge >= 0.3 is 0 Å². The van der Waals surface area contributed by atoms with Crippen molar-refractivity contribution >= 4 is 43.1 Å². The van der Waals surface area contributed by atoms with Crippen LogP contribution < -0.4 is 9.47 Å². The molecule has 0 aromatic heterocycles. The maximum atomic E-state index is 11.2. The van der Waals surface area contributed by atoms with Gasteiger partial charge in [0.1, 0.15) is 23.2 Å². The van der Waals surface area contributed by atoms with E-state index in [1.165, 1.54) is 48.7 Å². The zero-order valence-corrected chi connectivity index (χ0v) is 31.1. The molecule has 6 nitrogen and oxygen atoms in total. The molecule has 1 heterocycles. The van der Waals surface area contributed by atoms with Crippen molar-refractivity contribution in [2.75, 3.05) is 27.4 Å². The summed E-state index contributed by atoms with van der Waals surface area (Å²) in [5.74, 6) is 1.51. The summed E-state index contributed by atoms with van der Waals surface area (Å²) in [6, 6.07) is 50.5. The number of aryl methyl sites for hydroxylation is 1. The molecule has 3 atom stereocenters. The van der Waals surface area contributed by atoms with Crippen LogP contribution in [-0.2, 0) is 26.2 Å². The van der Waals surface area contributed by atoms with Crippen LogP contribution in [0, 0.1) is 0 Å². The van der Waals surface area contributed by atoms with E-state index >= 15 is 0 Å². The lowest BCUT2D eigenvalue weighted by atomic mass is 9.80. The molecular weight excluding hydrogens is 685 g/mol. The third-order valence-corrected chi connectivity index (χ3v) is 11.3. The second-order valence-corrected chi connectivity index (χ2v) is 14.4. The van der Waals surface area contributed by atoms with E-state index in [2.05, 4.69) is 78.9 Å². The number of hydrogen-bond donors (Lipinski definition) is 1. The zero-order valence-electron chi connectivity index (χ0n) is 31.1.